The molecule has 0 aliphatic rings. The molecule has 5 N–H and O–H groups in total. The third-order valence-corrected chi connectivity index (χ3v) is 5.31. The van der Waals surface area contributed by atoms with Crippen LogP contribution in [0.25, 0.3) is 0 Å². The van der Waals surface area contributed by atoms with Crippen molar-refractivity contribution in [1.29, 1.82) is 0 Å². The Hall–Kier alpha value is -2.26. The molecule has 0 unspecified atom stereocenters. The summed E-state index contributed by atoms with van der Waals surface area (Å²) >= 11 is 1.62. The van der Waals surface area contributed by atoms with Gasteiger partial charge in [-0.2, -0.15) is 11.8 Å². The highest BCUT2D eigenvalue weighted by Gasteiger charge is 2.27. The molecule has 0 aromatic heterocycles. The molecule has 1 aromatic carbocycles. The summed E-state index contributed by atoms with van der Waals surface area (Å²) in [6, 6.07) is 8.04. The summed E-state index contributed by atoms with van der Waals surface area (Å²) in [5, 5.41) is 8.10. The van der Waals surface area contributed by atoms with Gasteiger partial charge in [0.1, 0.15) is 12.6 Å². The lowest BCUT2D eigenvalue weighted by atomic mass is 9.97. The molecule has 30 heavy (non-hydrogen) atoms. The van der Waals surface area contributed by atoms with Gasteiger partial charge in [0.05, 0.1) is 6.04 Å². The second-order valence-corrected chi connectivity index (χ2v) is 8.02. The van der Waals surface area contributed by atoms with Crippen molar-refractivity contribution >= 4 is 29.7 Å². The highest BCUT2D eigenvalue weighted by molar-refractivity contribution is 7.98. The first-order chi connectivity index (χ1) is 14.4. The molecule has 0 saturated carbocycles. The van der Waals surface area contributed by atoms with Crippen LogP contribution in [0.2, 0.25) is 0 Å². The fraction of sp³-hybridized carbons (Fsp3) is 0.571. The summed E-state index contributed by atoms with van der Waals surface area (Å²) in [6.45, 7) is 4.47. The normalized spacial score (nSPS) is 13.6. The molecular weight excluding hydrogens is 404 g/mol. The average molecular weight is 439 g/mol. The van der Waals surface area contributed by atoms with E-state index in [4.69, 9.17) is 10.5 Å². The Morgan fingerprint density at radius 1 is 1.10 bits per heavy atom. The summed E-state index contributed by atoms with van der Waals surface area (Å²) in [7, 11) is 0. The van der Waals surface area contributed by atoms with E-state index in [-0.39, 0.29) is 37.4 Å². The van der Waals surface area contributed by atoms with Crippen LogP contribution in [0.1, 0.15) is 32.3 Å². The lowest BCUT2D eigenvalue weighted by Gasteiger charge is -2.25. The zero-order chi connectivity index (χ0) is 22.4. The lowest BCUT2D eigenvalue weighted by Crippen LogP contribution is -2.54. The van der Waals surface area contributed by atoms with Gasteiger partial charge in [0, 0.05) is 13.1 Å². The maximum absolute atomic E-state index is 12.6. The van der Waals surface area contributed by atoms with E-state index < -0.39 is 18.2 Å². The van der Waals surface area contributed by atoms with E-state index in [0.29, 0.717) is 6.42 Å². The van der Waals surface area contributed by atoms with Crippen LogP contribution >= 0.6 is 11.8 Å². The topological polar surface area (TPSA) is 123 Å². The molecular formula is C21H34N4O4S. The van der Waals surface area contributed by atoms with Gasteiger partial charge in [-0.3, -0.25) is 9.59 Å². The van der Waals surface area contributed by atoms with E-state index in [1.54, 1.807) is 11.8 Å². The van der Waals surface area contributed by atoms with Gasteiger partial charge in [0.25, 0.3) is 0 Å². The molecule has 9 heteroatoms. The molecule has 0 radical (unpaired) electrons. The third-order valence-electron chi connectivity index (χ3n) is 4.67. The number of nitrogens with one attached hydrogen (secondary N) is 3. The van der Waals surface area contributed by atoms with Crippen molar-refractivity contribution in [3.8, 4) is 0 Å². The Balaban J connectivity index is 2.38. The number of carbonyl (C=O) groups is 3. The second kappa shape index (κ2) is 14.7. The van der Waals surface area contributed by atoms with Gasteiger partial charge in [-0.05, 0) is 29.9 Å². The maximum atomic E-state index is 12.6. The van der Waals surface area contributed by atoms with Gasteiger partial charge in [-0.1, -0.05) is 50.6 Å². The largest absolute Gasteiger partial charge is 0.445 e. The molecule has 3 amide bonds. The van der Waals surface area contributed by atoms with Crippen molar-refractivity contribution in [2.45, 2.75) is 45.4 Å². The summed E-state index contributed by atoms with van der Waals surface area (Å²) in [5.74, 6) is 0.104. The first-order valence-corrected chi connectivity index (χ1v) is 11.6. The van der Waals surface area contributed by atoms with Gasteiger partial charge in [0.15, 0.2) is 0 Å². The van der Waals surface area contributed by atoms with Crippen LogP contribution in [-0.4, -0.2) is 55.1 Å². The summed E-state index contributed by atoms with van der Waals surface area (Å²) in [4.78, 5) is 36.6. The van der Waals surface area contributed by atoms with Crippen molar-refractivity contribution in [3.05, 3.63) is 35.9 Å². The number of alkyl carbamates (subject to hydrolysis) is 1. The Labute approximate surface area is 183 Å². The number of nitrogens with two attached hydrogens (primary N) is 1. The number of hydrogen-bond acceptors (Lipinski definition) is 6. The minimum absolute atomic E-state index is 0.0505. The molecule has 8 nitrogen and oxygen atoms in total. The first-order valence-electron chi connectivity index (χ1n) is 10.2. The fourth-order valence-electron chi connectivity index (χ4n) is 2.57. The van der Waals surface area contributed by atoms with Crippen LogP contribution in [0, 0.1) is 5.92 Å². The minimum Gasteiger partial charge on any atom is -0.445 e. The highest BCUT2D eigenvalue weighted by atomic mass is 32.2. The maximum Gasteiger partial charge on any atom is 0.407 e. The molecule has 0 heterocycles. The molecule has 0 aliphatic carbocycles. The van der Waals surface area contributed by atoms with Crippen LogP contribution in [0.3, 0.4) is 0 Å². The Morgan fingerprint density at radius 2 is 1.77 bits per heavy atom. The van der Waals surface area contributed by atoms with E-state index in [2.05, 4.69) is 16.0 Å². The zero-order valence-electron chi connectivity index (χ0n) is 18.0. The zero-order valence-corrected chi connectivity index (χ0v) is 18.8. The van der Waals surface area contributed by atoms with E-state index in [1.165, 1.54) is 0 Å². The van der Waals surface area contributed by atoms with Gasteiger partial charge < -0.3 is 26.4 Å². The smallest absolute Gasteiger partial charge is 0.407 e. The molecule has 0 fully saturated rings. The van der Waals surface area contributed by atoms with Gasteiger partial charge >= 0.3 is 6.09 Å². The Bertz CT molecular complexity index is 660. The predicted molar refractivity (Wildman–Crippen MR) is 120 cm³/mol. The number of benzene rings is 1. The number of amides is 3. The Morgan fingerprint density at radius 3 is 2.40 bits per heavy atom. The van der Waals surface area contributed by atoms with Crippen molar-refractivity contribution in [1.82, 2.24) is 16.0 Å². The van der Waals surface area contributed by atoms with Crippen molar-refractivity contribution < 1.29 is 19.1 Å². The summed E-state index contributed by atoms with van der Waals surface area (Å²) in [6.07, 6.45) is 2.67. The third kappa shape index (κ3) is 9.98. The standard InChI is InChI=1S/C21H34N4O4S/c1-4-15(2)18(25-19(26)17(22)10-13-30-3)20(27)23-11-12-24-21(28)29-14-16-8-6-5-7-9-16/h5-9,15,17-18H,4,10-14,22H2,1-3H3,(H,23,27)(H,24,28)(H,25,26)/t15-,17-,18-/m0/s1. The number of ether oxygens (including phenoxy) is 1. The SMILES string of the molecule is CC[C@H](C)[C@H](NC(=O)[C@@H](N)CCSC)C(=O)NCCNC(=O)OCc1ccccc1. The van der Waals surface area contributed by atoms with Crippen molar-refractivity contribution in [2.75, 3.05) is 25.1 Å². The molecule has 0 aliphatic heterocycles. The minimum atomic E-state index is -0.673. The van der Waals surface area contributed by atoms with Crippen LogP contribution < -0.4 is 21.7 Å². The van der Waals surface area contributed by atoms with Crippen molar-refractivity contribution in [3.63, 3.8) is 0 Å². The predicted octanol–water partition coefficient (Wildman–Crippen LogP) is 1.64. The van der Waals surface area contributed by atoms with Crippen LogP contribution in [0.15, 0.2) is 30.3 Å². The number of rotatable bonds is 13. The molecule has 3 atom stereocenters. The van der Waals surface area contributed by atoms with Crippen LogP contribution in [-0.2, 0) is 20.9 Å². The Kier molecular flexibility index (Phi) is 12.6. The van der Waals surface area contributed by atoms with Crippen molar-refractivity contribution in [2.24, 2.45) is 11.7 Å². The summed E-state index contributed by atoms with van der Waals surface area (Å²) < 4.78 is 5.11. The van der Waals surface area contributed by atoms with E-state index in [1.807, 2.05) is 50.4 Å². The molecule has 0 spiro atoms. The monoisotopic (exact) mass is 438 g/mol. The van der Waals surface area contributed by atoms with E-state index >= 15 is 0 Å². The highest BCUT2D eigenvalue weighted by Crippen LogP contribution is 2.09. The number of carbonyl (C=O) groups excluding carboxylic acids is 3. The summed E-state index contributed by atoms with van der Waals surface area (Å²) in [5.41, 5.74) is 6.79. The quantitative estimate of drug-likeness (QED) is 0.347. The molecule has 1 aromatic rings. The average Bonchev–Trinajstić information content (AvgIpc) is 2.76. The van der Waals surface area contributed by atoms with Gasteiger partial charge in [-0.15, -0.1) is 0 Å². The van der Waals surface area contributed by atoms with Gasteiger partial charge in [0.2, 0.25) is 11.8 Å². The van der Waals surface area contributed by atoms with Crippen LogP contribution in [0.5, 0.6) is 0 Å². The molecule has 0 bridgehead atoms. The fourth-order valence-corrected chi connectivity index (χ4v) is 3.06. The molecule has 0 saturated heterocycles. The molecule has 168 valence electrons. The lowest BCUT2D eigenvalue weighted by molar-refractivity contribution is -0.130. The number of hydrogen-bond donors (Lipinski definition) is 4. The second-order valence-electron chi connectivity index (χ2n) is 7.04. The van der Waals surface area contributed by atoms with E-state index in [9.17, 15) is 14.4 Å². The van der Waals surface area contributed by atoms with E-state index in [0.717, 1.165) is 17.7 Å². The first kappa shape index (κ1) is 25.8. The number of thioether (sulfide) groups is 1. The van der Waals surface area contributed by atoms with Crippen LogP contribution in [0.4, 0.5) is 4.79 Å². The molecule has 1 rings (SSSR count). The van der Waals surface area contributed by atoms with Gasteiger partial charge in [-0.25, -0.2) is 4.79 Å².